The zero-order valence-corrected chi connectivity index (χ0v) is 17.7. The molecule has 0 saturated heterocycles. The maximum Gasteiger partial charge on any atom is 0.0998 e. The van der Waals surface area contributed by atoms with Gasteiger partial charge in [0.1, 0.15) is 0 Å². The van der Waals surface area contributed by atoms with Gasteiger partial charge in [0, 0.05) is 31.9 Å². The number of rotatable bonds is 3. The Labute approximate surface area is 175 Å². The van der Waals surface area contributed by atoms with E-state index in [1.165, 1.54) is 35.9 Å². The van der Waals surface area contributed by atoms with Crippen LogP contribution in [0.15, 0.2) is 54.7 Å². The molecule has 1 aliphatic rings. The van der Waals surface area contributed by atoms with E-state index in [2.05, 4.69) is 56.3 Å². The largest absolute Gasteiger partial charge is 0.256 e. The summed E-state index contributed by atoms with van der Waals surface area (Å²) in [5.41, 5.74) is 4.40. The van der Waals surface area contributed by atoms with Gasteiger partial charge < -0.3 is 0 Å². The van der Waals surface area contributed by atoms with Crippen LogP contribution in [0.2, 0.25) is 0 Å². The highest BCUT2D eigenvalue weighted by atomic mass is 32.1. The van der Waals surface area contributed by atoms with Crippen LogP contribution in [-0.4, -0.2) is 4.98 Å². The van der Waals surface area contributed by atoms with Crippen molar-refractivity contribution in [1.29, 1.82) is 5.26 Å². The van der Waals surface area contributed by atoms with E-state index < -0.39 is 0 Å². The number of fused-ring (bicyclic) bond motifs is 3. The number of hydrogen-bond donors (Lipinski definition) is 0. The minimum Gasteiger partial charge on any atom is -0.256 e. The molecule has 0 N–H and O–H groups in total. The number of thiophene rings is 1. The van der Waals surface area contributed by atoms with Crippen LogP contribution in [-0.2, 0) is 5.41 Å². The zero-order chi connectivity index (χ0) is 20.0. The van der Waals surface area contributed by atoms with E-state index in [0.717, 1.165) is 38.2 Å². The molecule has 1 fully saturated rings. The topological polar surface area (TPSA) is 36.7 Å². The lowest BCUT2D eigenvalue weighted by molar-refractivity contribution is 0.325. The van der Waals surface area contributed by atoms with E-state index >= 15 is 0 Å². The summed E-state index contributed by atoms with van der Waals surface area (Å²) in [6.07, 6.45) is 7.30. The number of nitriles is 1. The Balaban J connectivity index is 1.70. The summed E-state index contributed by atoms with van der Waals surface area (Å²) >= 11 is 1.76. The Morgan fingerprint density at radius 2 is 1.86 bits per heavy atom. The van der Waals surface area contributed by atoms with Crippen molar-refractivity contribution in [3.63, 3.8) is 0 Å². The molecular formula is C26H24N2S. The van der Waals surface area contributed by atoms with Gasteiger partial charge in [-0.3, -0.25) is 4.98 Å². The van der Waals surface area contributed by atoms with Gasteiger partial charge in [-0.15, -0.1) is 11.3 Å². The van der Waals surface area contributed by atoms with Crippen LogP contribution >= 0.6 is 11.3 Å². The molecule has 1 aliphatic carbocycles. The smallest absolute Gasteiger partial charge is 0.0998 e. The predicted molar refractivity (Wildman–Crippen MR) is 122 cm³/mol. The molecule has 0 aliphatic heterocycles. The van der Waals surface area contributed by atoms with Gasteiger partial charge in [0.25, 0.3) is 0 Å². The number of benzene rings is 2. The number of pyridine rings is 1. The molecule has 2 heterocycles. The lowest BCUT2D eigenvalue weighted by Gasteiger charge is -2.32. The van der Waals surface area contributed by atoms with Gasteiger partial charge in [-0.2, -0.15) is 5.26 Å². The molecule has 2 nitrogen and oxygen atoms in total. The van der Waals surface area contributed by atoms with Crippen molar-refractivity contribution >= 4 is 31.5 Å². The third kappa shape index (κ3) is 2.94. The fraction of sp³-hybridized carbons (Fsp3) is 0.308. The second-order valence-corrected chi connectivity index (χ2v) is 9.76. The van der Waals surface area contributed by atoms with E-state index in [0.29, 0.717) is 0 Å². The summed E-state index contributed by atoms with van der Waals surface area (Å²) < 4.78 is 2.38. The quantitative estimate of drug-likeness (QED) is 0.360. The molecule has 144 valence electrons. The van der Waals surface area contributed by atoms with Crippen LogP contribution < -0.4 is 0 Å². The van der Waals surface area contributed by atoms with Crippen LogP contribution in [0.4, 0.5) is 0 Å². The van der Waals surface area contributed by atoms with Crippen molar-refractivity contribution in [3.8, 4) is 17.3 Å². The van der Waals surface area contributed by atoms with Crippen LogP contribution in [0, 0.1) is 17.2 Å². The van der Waals surface area contributed by atoms with Crippen molar-refractivity contribution in [2.75, 3.05) is 0 Å². The Morgan fingerprint density at radius 1 is 1.07 bits per heavy atom. The molecule has 2 aromatic heterocycles. The first kappa shape index (κ1) is 18.3. The lowest BCUT2D eigenvalue weighted by Crippen LogP contribution is -2.26. The first-order valence-electron chi connectivity index (χ1n) is 10.4. The standard InChI is InChI=1S/C26H24N2S/c1-26(2,18-7-3-4-8-18)19-13-14-28-22(15-19)20-12-11-17(16-27)24-21-9-5-6-10-23(21)29-25(20)24/h5-6,9-15,18H,3-4,7-8H2,1-2H3. The third-order valence-electron chi connectivity index (χ3n) is 6.80. The van der Waals surface area contributed by atoms with Crippen LogP contribution in [0.5, 0.6) is 0 Å². The highest BCUT2D eigenvalue weighted by molar-refractivity contribution is 7.26. The second kappa shape index (κ2) is 6.97. The van der Waals surface area contributed by atoms with Crippen LogP contribution in [0.1, 0.15) is 50.7 Å². The SMILES string of the molecule is CC(C)(c1ccnc(-c2ccc(C#N)c3c2sc2ccccc23)c1)C1CCCC1. The van der Waals surface area contributed by atoms with Crippen molar-refractivity contribution < 1.29 is 0 Å². The molecule has 0 radical (unpaired) electrons. The fourth-order valence-corrected chi connectivity index (χ4v) is 6.24. The Morgan fingerprint density at radius 3 is 2.66 bits per heavy atom. The van der Waals surface area contributed by atoms with Crippen molar-refractivity contribution in [3.05, 3.63) is 65.9 Å². The lowest BCUT2D eigenvalue weighted by atomic mass is 9.72. The maximum absolute atomic E-state index is 9.69. The van der Waals surface area contributed by atoms with E-state index in [1.807, 2.05) is 18.3 Å². The molecule has 5 rings (SSSR count). The molecule has 3 heteroatoms. The third-order valence-corrected chi connectivity index (χ3v) is 8.01. The van der Waals surface area contributed by atoms with Crippen LogP contribution in [0.25, 0.3) is 31.4 Å². The fourth-order valence-electron chi connectivity index (χ4n) is 4.98. The highest BCUT2D eigenvalue weighted by Crippen LogP contribution is 2.44. The molecule has 0 amide bonds. The van der Waals surface area contributed by atoms with E-state index in [1.54, 1.807) is 11.3 Å². The molecule has 29 heavy (non-hydrogen) atoms. The summed E-state index contributed by atoms with van der Waals surface area (Å²) in [5.74, 6) is 0.739. The van der Waals surface area contributed by atoms with Crippen molar-refractivity contribution in [1.82, 2.24) is 4.98 Å². The van der Waals surface area contributed by atoms with Crippen molar-refractivity contribution in [2.24, 2.45) is 5.92 Å². The summed E-state index contributed by atoms with van der Waals surface area (Å²) in [6, 6.07) is 19.2. The van der Waals surface area contributed by atoms with Crippen molar-refractivity contribution in [2.45, 2.75) is 44.9 Å². The van der Waals surface area contributed by atoms with Gasteiger partial charge in [0.15, 0.2) is 0 Å². The van der Waals surface area contributed by atoms with E-state index in [4.69, 9.17) is 4.98 Å². The van der Waals surface area contributed by atoms with Gasteiger partial charge in [-0.05, 0) is 54.0 Å². The summed E-state index contributed by atoms with van der Waals surface area (Å²) in [7, 11) is 0. The normalized spacial score (nSPS) is 15.2. The molecule has 0 atom stereocenters. The maximum atomic E-state index is 9.69. The molecule has 0 bridgehead atoms. The Bertz CT molecular complexity index is 1250. The monoisotopic (exact) mass is 396 g/mol. The first-order chi connectivity index (χ1) is 14.1. The average molecular weight is 397 g/mol. The molecular weight excluding hydrogens is 372 g/mol. The summed E-state index contributed by atoms with van der Waals surface area (Å²) in [6.45, 7) is 4.77. The number of aromatic nitrogens is 1. The van der Waals surface area contributed by atoms with Crippen LogP contribution in [0.3, 0.4) is 0 Å². The van der Waals surface area contributed by atoms with E-state index in [-0.39, 0.29) is 5.41 Å². The number of hydrogen-bond acceptors (Lipinski definition) is 3. The first-order valence-corrected chi connectivity index (χ1v) is 11.2. The minimum absolute atomic E-state index is 0.153. The predicted octanol–water partition coefficient (Wildman–Crippen LogP) is 7.46. The Kier molecular flexibility index (Phi) is 4.41. The zero-order valence-electron chi connectivity index (χ0n) is 16.9. The summed E-state index contributed by atoms with van der Waals surface area (Å²) in [4.78, 5) is 4.75. The molecule has 4 aromatic rings. The Hall–Kier alpha value is -2.70. The molecule has 0 unspecified atom stereocenters. The van der Waals surface area contributed by atoms with E-state index in [9.17, 15) is 5.26 Å². The molecule has 2 aromatic carbocycles. The van der Waals surface area contributed by atoms with Gasteiger partial charge in [0.2, 0.25) is 0 Å². The summed E-state index contributed by atoms with van der Waals surface area (Å²) in [5, 5.41) is 11.9. The minimum atomic E-state index is 0.153. The van der Waals surface area contributed by atoms with Gasteiger partial charge in [-0.1, -0.05) is 51.0 Å². The van der Waals surface area contributed by atoms with Gasteiger partial charge in [0.05, 0.1) is 17.3 Å². The number of nitrogens with zero attached hydrogens (tertiary/aromatic N) is 2. The average Bonchev–Trinajstić information content (AvgIpc) is 3.42. The highest BCUT2D eigenvalue weighted by Gasteiger charge is 2.33. The molecule has 1 saturated carbocycles. The van der Waals surface area contributed by atoms with Gasteiger partial charge in [-0.25, -0.2) is 0 Å². The second-order valence-electron chi connectivity index (χ2n) is 8.71. The van der Waals surface area contributed by atoms with Gasteiger partial charge >= 0.3 is 0 Å². The molecule has 0 spiro atoms.